The normalized spacial score (nSPS) is 10.9. The molecule has 3 heteroatoms. The molecule has 3 nitrogen and oxygen atoms in total. The van der Waals surface area contributed by atoms with Crippen LogP contribution in [0.5, 0.6) is 0 Å². The van der Waals surface area contributed by atoms with Crippen LogP contribution in [0.4, 0.5) is 0 Å². The van der Waals surface area contributed by atoms with Crippen LogP contribution < -0.4 is 0 Å². The number of esters is 1. The highest BCUT2D eigenvalue weighted by Gasteiger charge is 2.03. The number of carbonyl (C=O) groups excluding carboxylic acids is 1. The highest BCUT2D eigenvalue weighted by molar-refractivity contribution is 5.68. The van der Waals surface area contributed by atoms with E-state index < -0.39 is 0 Å². The van der Waals surface area contributed by atoms with Crippen LogP contribution in [0.15, 0.2) is 10.5 Å². The predicted molar refractivity (Wildman–Crippen MR) is 90.1 cm³/mol. The fourth-order valence-electron chi connectivity index (χ4n) is 2.86. The van der Waals surface area contributed by atoms with E-state index in [4.69, 9.17) is 4.42 Å². The van der Waals surface area contributed by atoms with Crippen LogP contribution in [-0.2, 0) is 16.0 Å². The minimum Gasteiger partial charge on any atom is -0.469 e. The molecule has 0 saturated heterocycles. The van der Waals surface area contributed by atoms with Gasteiger partial charge in [-0.1, -0.05) is 44.9 Å². The van der Waals surface area contributed by atoms with E-state index in [1.165, 1.54) is 57.6 Å². The number of rotatable bonds is 12. The number of hydrogen-bond acceptors (Lipinski definition) is 3. The van der Waals surface area contributed by atoms with Gasteiger partial charge in [-0.25, -0.2) is 0 Å². The van der Waals surface area contributed by atoms with Crippen LogP contribution in [0, 0.1) is 13.8 Å². The summed E-state index contributed by atoms with van der Waals surface area (Å²) in [6, 6.07) is 2.17. The van der Waals surface area contributed by atoms with Gasteiger partial charge in [-0.3, -0.25) is 4.79 Å². The van der Waals surface area contributed by atoms with Crippen molar-refractivity contribution in [1.29, 1.82) is 0 Å². The molecule has 1 aromatic heterocycles. The van der Waals surface area contributed by atoms with Gasteiger partial charge in [0, 0.05) is 6.42 Å². The first-order valence-electron chi connectivity index (χ1n) is 8.76. The SMILES string of the molecule is COC(=O)CCCCCCCCCCCc1cc(C)oc1C. The zero-order valence-corrected chi connectivity index (χ0v) is 14.6. The maximum Gasteiger partial charge on any atom is 0.305 e. The molecule has 126 valence electrons. The molecule has 0 aliphatic carbocycles. The van der Waals surface area contributed by atoms with Gasteiger partial charge in [-0.05, 0) is 44.7 Å². The Balaban J connectivity index is 1.86. The minimum atomic E-state index is -0.0805. The van der Waals surface area contributed by atoms with Crippen LogP contribution in [0.25, 0.3) is 0 Å². The van der Waals surface area contributed by atoms with Crippen molar-refractivity contribution in [3.8, 4) is 0 Å². The summed E-state index contributed by atoms with van der Waals surface area (Å²) in [5.74, 6) is 2.03. The van der Waals surface area contributed by atoms with Crippen LogP contribution in [0.1, 0.15) is 81.3 Å². The van der Waals surface area contributed by atoms with Crippen molar-refractivity contribution in [2.24, 2.45) is 0 Å². The molecule has 0 spiro atoms. The number of carbonyl (C=O) groups is 1. The average Bonchev–Trinajstić information content (AvgIpc) is 2.82. The summed E-state index contributed by atoms with van der Waals surface area (Å²) in [5.41, 5.74) is 1.38. The summed E-state index contributed by atoms with van der Waals surface area (Å²) in [5, 5.41) is 0. The lowest BCUT2D eigenvalue weighted by Gasteiger charge is -2.03. The molecule has 0 unspecified atom stereocenters. The maximum atomic E-state index is 10.9. The standard InChI is InChI=1S/C19H32O3/c1-16-15-18(17(2)22-16)13-11-9-7-5-4-6-8-10-12-14-19(20)21-3/h15H,4-14H2,1-3H3. The molecule has 0 aliphatic heterocycles. The van der Waals surface area contributed by atoms with Gasteiger partial charge in [-0.15, -0.1) is 0 Å². The van der Waals surface area contributed by atoms with Crippen LogP contribution in [-0.4, -0.2) is 13.1 Å². The van der Waals surface area contributed by atoms with Gasteiger partial charge >= 0.3 is 5.97 Å². The van der Waals surface area contributed by atoms with E-state index in [-0.39, 0.29) is 5.97 Å². The molecular formula is C19H32O3. The third-order valence-electron chi connectivity index (χ3n) is 4.20. The summed E-state index contributed by atoms with van der Waals surface area (Å²) in [4.78, 5) is 10.9. The second-order valence-corrected chi connectivity index (χ2v) is 6.20. The minimum absolute atomic E-state index is 0.0805. The first-order chi connectivity index (χ1) is 10.6. The first-order valence-corrected chi connectivity index (χ1v) is 8.76. The number of unbranched alkanes of at least 4 members (excludes halogenated alkanes) is 8. The van der Waals surface area contributed by atoms with Gasteiger partial charge in [-0.2, -0.15) is 0 Å². The molecule has 0 N–H and O–H groups in total. The number of hydrogen-bond donors (Lipinski definition) is 0. The maximum absolute atomic E-state index is 10.9. The fraction of sp³-hybridized carbons (Fsp3) is 0.737. The zero-order valence-electron chi connectivity index (χ0n) is 14.6. The van der Waals surface area contributed by atoms with E-state index in [1.54, 1.807) is 0 Å². The lowest BCUT2D eigenvalue weighted by Crippen LogP contribution is -1.99. The molecular weight excluding hydrogens is 276 g/mol. The monoisotopic (exact) mass is 308 g/mol. The summed E-state index contributed by atoms with van der Waals surface area (Å²) in [7, 11) is 1.46. The smallest absolute Gasteiger partial charge is 0.305 e. The van der Waals surface area contributed by atoms with E-state index in [9.17, 15) is 4.79 Å². The number of methoxy groups -OCH3 is 1. The van der Waals surface area contributed by atoms with E-state index >= 15 is 0 Å². The Kier molecular flexibility index (Phi) is 9.69. The van der Waals surface area contributed by atoms with Gasteiger partial charge in [0.05, 0.1) is 7.11 Å². The van der Waals surface area contributed by atoms with E-state index in [1.807, 2.05) is 6.92 Å². The molecule has 0 aliphatic rings. The Hall–Kier alpha value is -1.25. The molecule has 0 radical (unpaired) electrons. The van der Waals surface area contributed by atoms with Gasteiger partial charge in [0.15, 0.2) is 0 Å². The fourth-order valence-corrected chi connectivity index (χ4v) is 2.86. The predicted octanol–water partition coefficient (Wildman–Crippen LogP) is 5.51. The summed E-state index contributed by atoms with van der Waals surface area (Å²) < 4.78 is 10.2. The summed E-state index contributed by atoms with van der Waals surface area (Å²) in [6.45, 7) is 4.07. The van der Waals surface area contributed by atoms with Crippen LogP contribution in [0.2, 0.25) is 0 Å². The molecule has 0 atom stereocenters. The molecule has 22 heavy (non-hydrogen) atoms. The molecule has 0 bridgehead atoms. The Labute approximate surface area is 135 Å². The van der Waals surface area contributed by atoms with Crippen molar-refractivity contribution in [3.63, 3.8) is 0 Å². The van der Waals surface area contributed by atoms with Crippen molar-refractivity contribution in [3.05, 3.63) is 23.2 Å². The number of ether oxygens (including phenoxy) is 1. The van der Waals surface area contributed by atoms with Gasteiger partial charge < -0.3 is 9.15 Å². The molecule has 0 aromatic carbocycles. The second-order valence-electron chi connectivity index (χ2n) is 6.20. The van der Waals surface area contributed by atoms with Crippen molar-refractivity contribution in [2.45, 2.75) is 84.5 Å². The molecule has 1 aromatic rings. The number of aryl methyl sites for hydroxylation is 3. The molecule has 0 amide bonds. The molecule has 1 rings (SSSR count). The lowest BCUT2D eigenvalue weighted by atomic mass is 10.0. The van der Waals surface area contributed by atoms with Gasteiger partial charge in [0.25, 0.3) is 0 Å². The number of furan rings is 1. The highest BCUT2D eigenvalue weighted by Crippen LogP contribution is 2.17. The van der Waals surface area contributed by atoms with E-state index in [0.717, 1.165) is 30.8 Å². The average molecular weight is 308 g/mol. The second kappa shape index (κ2) is 11.3. The van der Waals surface area contributed by atoms with Crippen LogP contribution >= 0.6 is 0 Å². The highest BCUT2D eigenvalue weighted by atomic mass is 16.5. The Morgan fingerprint density at radius 3 is 2.00 bits per heavy atom. The third-order valence-corrected chi connectivity index (χ3v) is 4.20. The van der Waals surface area contributed by atoms with Crippen molar-refractivity contribution in [1.82, 2.24) is 0 Å². The topological polar surface area (TPSA) is 39.4 Å². The lowest BCUT2D eigenvalue weighted by molar-refractivity contribution is -0.140. The Morgan fingerprint density at radius 1 is 0.955 bits per heavy atom. The Bertz CT molecular complexity index is 420. The third kappa shape index (κ3) is 8.26. The van der Waals surface area contributed by atoms with E-state index in [2.05, 4.69) is 17.7 Å². The first kappa shape index (κ1) is 18.8. The van der Waals surface area contributed by atoms with Crippen molar-refractivity contribution < 1.29 is 13.9 Å². The Morgan fingerprint density at radius 2 is 1.50 bits per heavy atom. The zero-order chi connectivity index (χ0) is 16.2. The molecule has 0 saturated carbocycles. The summed E-state index contributed by atoms with van der Waals surface area (Å²) >= 11 is 0. The van der Waals surface area contributed by atoms with Gasteiger partial charge in [0.1, 0.15) is 11.5 Å². The van der Waals surface area contributed by atoms with Crippen molar-refractivity contribution in [2.75, 3.05) is 7.11 Å². The largest absolute Gasteiger partial charge is 0.469 e. The molecule has 1 heterocycles. The van der Waals surface area contributed by atoms with E-state index in [0.29, 0.717) is 6.42 Å². The van der Waals surface area contributed by atoms with Crippen LogP contribution in [0.3, 0.4) is 0 Å². The molecule has 0 fully saturated rings. The van der Waals surface area contributed by atoms with Gasteiger partial charge in [0.2, 0.25) is 0 Å². The quantitative estimate of drug-likeness (QED) is 0.377. The van der Waals surface area contributed by atoms with Crippen molar-refractivity contribution >= 4 is 5.97 Å². The summed E-state index contributed by atoms with van der Waals surface area (Å²) in [6.07, 6.45) is 12.9.